The van der Waals surface area contributed by atoms with Gasteiger partial charge in [-0.1, -0.05) is 0 Å². The summed E-state index contributed by atoms with van der Waals surface area (Å²) in [6, 6.07) is 2.60. The number of likely N-dealkylation sites (tertiary alicyclic amines) is 2. The second-order valence-electron chi connectivity index (χ2n) is 6.33. The maximum atomic E-state index is 12.6. The maximum absolute atomic E-state index is 12.6. The van der Waals surface area contributed by atoms with E-state index in [4.69, 9.17) is 0 Å². The minimum absolute atomic E-state index is 0.0572. The highest BCUT2D eigenvalue weighted by Crippen LogP contribution is 2.32. The average Bonchev–Trinajstić information content (AvgIpc) is 2.52. The Morgan fingerprint density at radius 1 is 1.25 bits per heavy atom. The van der Waals surface area contributed by atoms with Crippen molar-refractivity contribution in [3.63, 3.8) is 0 Å². The van der Waals surface area contributed by atoms with Crippen molar-refractivity contribution >= 4 is 5.91 Å². The molecule has 2 aliphatic rings. The Bertz CT molecular complexity index is 596. The molecule has 5 nitrogen and oxygen atoms in total. The maximum Gasteiger partial charge on any atom is 0.418 e. The van der Waals surface area contributed by atoms with Crippen molar-refractivity contribution in [3.05, 3.63) is 29.6 Å². The van der Waals surface area contributed by atoms with E-state index in [2.05, 4.69) is 9.88 Å². The number of nitrogens with zero attached hydrogens (tertiary/aromatic N) is 3. The molecular weight excluding hydrogens is 323 g/mol. The summed E-state index contributed by atoms with van der Waals surface area (Å²) in [6.45, 7) is 3.37. The van der Waals surface area contributed by atoms with Gasteiger partial charge in [-0.3, -0.25) is 9.78 Å². The number of carbonyl (C=O) groups excluding carboxylic acids is 1. The third-order valence-electron chi connectivity index (χ3n) is 4.79. The van der Waals surface area contributed by atoms with Gasteiger partial charge in [0.25, 0.3) is 5.91 Å². The number of alkyl halides is 3. The highest BCUT2D eigenvalue weighted by atomic mass is 19.4. The van der Waals surface area contributed by atoms with E-state index in [9.17, 15) is 23.1 Å². The molecule has 2 saturated heterocycles. The molecular formula is C16H20F3N3O2. The van der Waals surface area contributed by atoms with Gasteiger partial charge in [0, 0.05) is 25.3 Å². The summed E-state index contributed by atoms with van der Waals surface area (Å²) in [7, 11) is 0. The lowest BCUT2D eigenvalue weighted by Gasteiger charge is -2.42. The van der Waals surface area contributed by atoms with Gasteiger partial charge < -0.3 is 14.9 Å². The first kappa shape index (κ1) is 17.2. The average molecular weight is 343 g/mol. The Balaban J connectivity index is 1.65. The number of hydrogen-bond donors (Lipinski definition) is 1. The lowest BCUT2D eigenvalue weighted by molar-refractivity contribution is -0.206. The summed E-state index contributed by atoms with van der Waals surface area (Å²) in [6.07, 6.45) is -3.28. The number of aliphatic hydroxyl groups is 1. The molecule has 0 aromatic carbocycles. The van der Waals surface area contributed by atoms with Crippen molar-refractivity contribution in [1.82, 2.24) is 14.8 Å². The highest BCUT2D eigenvalue weighted by Gasteiger charge is 2.40. The van der Waals surface area contributed by atoms with Crippen LogP contribution in [0.2, 0.25) is 0 Å². The molecule has 0 saturated carbocycles. The van der Waals surface area contributed by atoms with Crippen molar-refractivity contribution in [2.24, 2.45) is 0 Å². The predicted molar refractivity (Wildman–Crippen MR) is 80.4 cm³/mol. The number of carbonyl (C=O) groups is 1. The second-order valence-corrected chi connectivity index (χ2v) is 6.33. The molecule has 132 valence electrons. The Kier molecular flexibility index (Phi) is 4.78. The van der Waals surface area contributed by atoms with Crippen LogP contribution in [0.15, 0.2) is 18.3 Å². The smallest absolute Gasteiger partial charge is 0.379 e. The molecule has 2 aliphatic heterocycles. The first-order chi connectivity index (χ1) is 11.4. The van der Waals surface area contributed by atoms with Gasteiger partial charge in [-0.2, -0.15) is 13.2 Å². The number of amides is 1. The minimum atomic E-state index is -4.77. The summed E-state index contributed by atoms with van der Waals surface area (Å²) in [5.41, 5.74) is -0.422. The van der Waals surface area contributed by atoms with Gasteiger partial charge in [-0.15, -0.1) is 0 Å². The van der Waals surface area contributed by atoms with Crippen LogP contribution < -0.4 is 0 Å². The minimum Gasteiger partial charge on any atom is -0.379 e. The van der Waals surface area contributed by atoms with Gasteiger partial charge in [0.15, 0.2) is 6.10 Å². The van der Waals surface area contributed by atoms with Gasteiger partial charge in [0.2, 0.25) is 0 Å². The van der Waals surface area contributed by atoms with Crippen molar-refractivity contribution in [2.45, 2.75) is 37.6 Å². The van der Waals surface area contributed by atoms with Crippen molar-refractivity contribution in [3.8, 4) is 0 Å². The first-order valence-corrected chi connectivity index (χ1v) is 8.10. The fraction of sp³-hybridized carbons (Fsp3) is 0.625. The summed E-state index contributed by atoms with van der Waals surface area (Å²) in [5, 5.41) is 9.32. The Morgan fingerprint density at radius 3 is 2.46 bits per heavy atom. The predicted octanol–water partition coefficient (Wildman–Crippen LogP) is 1.99. The zero-order chi connectivity index (χ0) is 17.3. The number of aromatic nitrogens is 1. The molecule has 0 spiro atoms. The largest absolute Gasteiger partial charge is 0.418 e. The lowest BCUT2D eigenvalue weighted by atomic mass is 9.99. The van der Waals surface area contributed by atoms with Crippen molar-refractivity contribution in [1.29, 1.82) is 0 Å². The third-order valence-corrected chi connectivity index (χ3v) is 4.79. The van der Waals surface area contributed by atoms with Gasteiger partial charge in [0.1, 0.15) is 5.69 Å². The topological polar surface area (TPSA) is 56.7 Å². The standard InChI is InChI=1S/C16H20F3N3O2/c17-16(18,19)14(23)11-2-5-20-13(10-11)15(24)22-8-3-12(4-9-22)21-6-1-7-21/h2,5,10,12,14,23H,1,3-4,6-9H2. The zero-order valence-electron chi connectivity index (χ0n) is 13.2. The first-order valence-electron chi connectivity index (χ1n) is 8.10. The molecule has 1 amide bonds. The molecule has 1 N–H and O–H groups in total. The molecule has 1 atom stereocenters. The number of piperidine rings is 1. The van der Waals surface area contributed by atoms with Crippen LogP contribution in [0.4, 0.5) is 13.2 Å². The van der Waals surface area contributed by atoms with Crippen LogP contribution in [0.3, 0.4) is 0 Å². The molecule has 2 fully saturated rings. The van der Waals surface area contributed by atoms with Crippen LogP contribution in [0.25, 0.3) is 0 Å². The van der Waals surface area contributed by atoms with Crippen molar-refractivity contribution in [2.75, 3.05) is 26.2 Å². The normalized spacial score (nSPS) is 21.4. The molecule has 0 aliphatic carbocycles. The molecule has 24 heavy (non-hydrogen) atoms. The van der Waals surface area contributed by atoms with Gasteiger partial charge in [0.05, 0.1) is 0 Å². The second kappa shape index (κ2) is 6.68. The van der Waals surface area contributed by atoms with Crippen LogP contribution in [0.1, 0.15) is 41.4 Å². The number of pyridine rings is 1. The highest BCUT2D eigenvalue weighted by molar-refractivity contribution is 5.92. The summed E-state index contributed by atoms with van der Waals surface area (Å²) in [5.74, 6) is -0.381. The Labute approximate surface area is 138 Å². The monoisotopic (exact) mass is 343 g/mol. The zero-order valence-corrected chi connectivity index (χ0v) is 13.2. The van der Waals surface area contributed by atoms with E-state index in [0.717, 1.165) is 44.3 Å². The van der Waals surface area contributed by atoms with E-state index >= 15 is 0 Å². The number of hydrogen-bond acceptors (Lipinski definition) is 4. The fourth-order valence-electron chi connectivity index (χ4n) is 3.22. The molecule has 3 rings (SSSR count). The van der Waals surface area contributed by atoms with E-state index in [1.54, 1.807) is 4.90 Å². The van der Waals surface area contributed by atoms with Crippen LogP contribution in [-0.2, 0) is 0 Å². The SMILES string of the molecule is O=C(c1cc(C(O)C(F)(F)F)ccn1)N1CCC(N2CCC2)CC1. The van der Waals surface area contributed by atoms with E-state index in [1.807, 2.05) is 0 Å². The molecule has 0 radical (unpaired) electrons. The van der Waals surface area contributed by atoms with Gasteiger partial charge >= 0.3 is 6.18 Å². The molecule has 1 unspecified atom stereocenters. The Hall–Kier alpha value is -1.67. The molecule has 0 bridgehead atoms. The van der Waals surface area contributed by atoms with E-state index < -0.39 is 12.3 Å². The molecule has 8 heteroatoms. The molecule has 1 aromatic rings. The van der Waals surface area contributed by atoms with Crippen LogP contribution in [0, 0.1) is 0 Å². The van der Waals surface area contributed by atoms with Crippen molar-refractivity contribution < 1.29 is 23.1 Å². The van der Waals surface area contributed by atoms with E-state index in [0.29, 0.717) is 19.1 Å². The molecule has 1 aromatic heterocycles. The van der Waals surface area contributed by atoms with Crippen LogP contribution in [0.5, 0.6) is 0 Å². The Morgan fingerprint density at radius 2 is 1.92 bits per heavy atom. The number of aliphatic hydroxyl groups excluding tert-OH is 1. The van der Waals surface area contributed by atoms with Crippen LogP contribution >= 0.6 is 0 Å². The summed E-state index contributed by atoms with van der Waals surface area (Å²) >= 11 is 0. The quantitative estimate of drug-likeness (QED) is 0.912. The van der Waals surface area contributed by atoms with E-state index in [-0.39, 0.29) is 17.2 Å². The lowest BCUT2D eigenvalue weighted by Crippen LogP contribution is -2.51. The third kappa shape index (κ3) is 3.54. The van der Waals surface area contributed by atoms with Gasteiger partial charge in [-0.05, 0) is 50.0 Å². The van der Waals surface area contributed by atoms with Gasteiger partial charge in [-0.25, -0.2) is 0 Å². The summed E-state index contributed by atoms with van der Waals surface area (Å²) < 4.78 is 37.8. The summed E-state index contributed by atoms with van der Waals surface area (Å²) in [4.78, 5) is 20.4. The van der Waals surface area contributed by atoms with E-state index in [1.165, 1.54) is 6.42 Å². The van der Waals surface area contributed by atoms with Crippen LogP contribution in [-0.4, -0.2) is 64.2 Å². The fourth-order valence-corrected chi connectivity index (χ4v) is 3.22. The molecule has 3 heterocycles. The number of halogens is 3. The number of rotatable bonds is 3.